The molecule has 100 valence electrons. The van der Waals surface area contributed by atoms with Crippen molar-refractivity contribution in [3.8, 4) is 0 Å². The predicted molar refractivity (Wildman–Crippen MR) is 76.2 cm³/mol. The van der Waals surface area contributed by atoms with Crippen LogP contribution in [0.1, 0.15) is 24.2 Å². The summed E-state index contributed by atoms with van der Waals surface area (Å²) in [4.78, 5) is 4.28. The highest BCUT2D eigenvalue weighted by Gasteiger charge is 2.17. The molecule has 0 aliphatic heterocycles. The Morgan fingerprint density at radius 2 is 1.95 bits per heavy atom. The van der Waals surface area contributed by atoms with Gasteiger partial charge in [0.2, 0.25) is 0 Å². The zero-order chi connectivity index (χ0) is 13.8. The summed E-state index contributed by atoms with van der Waals surface area (Å²) in [7, 11) is 0. The molecule has 0 fully saturated rings. The Kier molecular flexibility index (Phi) is 4.75. The van der Waals surface area contributed by atoms with E-state index in [1.54, 1.807) is 24.4 Å². The second-order valence-electron chi connectivity index (χ2n) is 4.06. The van der Waals surface area contributed by atoms with Crippen molar-refractivity contribution >= 4 is 23.2 Å². The lowest BCUT2D eigenvalue weighted by atomic mass is 10.0. The van der Waals surface area contributed by atoms with Crippen molar-refractivity contribution in [2.45, 2.75) is 13.0 Å². The average molecular weight is 299 g/mol. The van der Waals surface area contributed by atoms with E-state index in [1.165, 1.54) is 12.1 Å². The molecule has 0 aliphatic carbocycles. The molecule has 1 unspecified atom stereocenters. The third-order valence-corrected chi connectivity index (χ3v) is 3.23. The fourth-order valence-electron chi connectivity index (χ4n) is 1.87. The van der Waals surface area contributed by atoms with Gasteiger partial charge in [-0.15, -0.1) is 0 Å². The highest BCUT2D eigenvalue weighted by Crippen LogP contribution is 2.28. The van der Waals surface area contributed by atoms with Crippen molar-refractivity contribution in [1.82, 2.24) is 10.3 Å². The van der Waals surface area contributed by atoms with Gasteiger partial charge >= 0.3 is 0 Å². The average Bonchev–Trinajstić information content (AvgIpc) is 2.38. The van der Waals surface area contributed by atoms with Gasteiger partial charge < -0.3 is 5.32 Å². The third kappa shape index (κ3) is 3.44. The first-order chi connectivity index (χ1) is 9.11. The second kappa shape index (κ2) is 6.33. The minimum absolute atomic E-state index is 0.185. The quantitative estimate of drug-likeness (QED) is 0.914. The Bertz CT molecular complexity index is 558. The minimum atomic E-state index is -0.269. The summed E-state index contributed by atoms with van der Waals surface area (Å²) < 4.78 is 13.0. The predicted octanol–water partition coefficient (Wildman–Crippen LogP) is 4.23. The monoisotopic (exact) mass is 298 g/mol. The molecule has 0 saturated carbocycles. The van der Waals surface area contributed by atoms with Crippen molar-refractivity contribution in [1.29, 1.82) is 0 Å². The molecule has 0 aliphatic rings. The number of halogens is 3. The highest BCUT2D eigenvalue weighted by atomic mass is 35.5. The van der Waals surface area contributed by atoms with E-state index in [1.807, 2.05) is 6.92 Å². The first kappa shape index (κ1) is 14.3. The fraction of sp³-hybridized carbons (Fsp3) is 0.214. The normalized spacial score (nSPS) is 12.4. The maximum Gasteiger partial charge on any atom is 0.123 e. The maximum absolute atomic E-state index is 13.0. The maximum atomic E-state index is 13.0. The van der Waals surface area contributed by atoms with Gasteiger partial charge in [-0.3, -0.25) is 4.98 Å². The Hall–Kier alpha value is -1.16. The van der Waals surface area contributed by atoms with Crippen LogP contribution >= 0.6 is 23.2 Å². The number of rotatable bonds is 4. The van der Waals surface area contributed by atoms with E-state index in [-0.39, 0.29) is 11.9 Å². The first-order valence-corrected chi connectivity index (χ1v) is 6.67. The summed E-state index contributed by atoms with van der Waals surface area (Å²) in [5.74, 6) is -0.269. The van der Waals surface area contributed by atoms with Crippen LogP contribution in [0.25, 0.3) is 0 Å². The van der Waals surface area contributed by atoms with Gasteiger partial charge in [-0.25, -0.2) is 4.39 Å². The van der Waals surface area contributed by atoms with E-state index in [4.69, 9.17) is 23.2 Å². The molecule has 2 rings (SSSR count). The molecular weight excluding hydrogens is 286 g/mol. The molecule has 2 aromatic rings. The molecule has 0 bridgehead atoms. The minimum Gasteiger partial charge on any atom is -0.305 e. The summed E-state index contributed by atoms with van der Waals surface area (Å²) in [5, 5.41) is 4.26. The molecule has 0 amide bonds. The van der Waals surface area contributed by atoms with Crippen LogP contribution in [0.5, 0.6) is 0 Å². The topological polar surface area (TPSA) is 24.9 Å². The summed E-state index contributed by atoms with van der Waals surface area (Å²) in [5.41, 5.74) is 1.58. The highest BCUT2D eigenvalue weighted by molar-refractivity contribution is 6.34. The van der Waals surface area contributed by atoms with Crippen molar-refractivity contribution in [3.63, 3.8) is 0 Å². The van der Waals surface area contributed by atoms with Crippen LogP contribution in [-0.4, -0.2) is 11.5 Å². The van der Waals surface area contributed by atoms with E-state index < -0.39 is 0 Å². The van der Waals surface area contributed by atoms with Crippen LogP contribution in [0.2, 0.25) is 10.0 Å². The Morgan fingerprint density at radius 1 is 1.26 bits per heavy atom. The number of nitrogens with one attached hydrogen (secondary N) is 1. The number of hydrogen-bond acceptors (Lipinski definition) is 2. The van der Waals surface area contributed by atoms with Gasteiger partial charge in [-0.05, 0) is 30.3 Å². The van der Waals surface area contributed by atoms with Crippen LogP contribution < -0.4 is 5.32 Å². The van der Waals surface area contributed by atoms with E-state index in [0.717, 1.165) is 12.1 Å². The molecular formula is C14H13Cl2FN2. The smallest absolute Gasteiger partial charge is 0.123 e. The van der Waals surface area contributed by atoms with Gasteiger partial charge in [0.1, 0.15) is 5.82 Å². The fourth-order valence-corrected chi connectivity index (χ4v) is 2.36. The van der Waals surface area contributed by atoms with Crippen LogP contribution in [-0.2, 0) is 0 Å². The largest absolute Gasteiger partial charge is 0.305 e. The molecule has 2 nitrogen and oxygen atoms in total. The molecule has 19 heavy (non-hydrogen) atoms. The lowest BCUT2D eigenvalue weighted by Crippen LogP contribution is -2.23. The lowest BCUT2D eigenvalue weighted by molar-refractivity contribution is 0.605. The van der Waals surface area contributed by atoms with Crippen LogP contribution in [0.4, 0.5) is 4.39 Å². The van der Waals surface area contributed by atoms with Crippen LogP contribution in [0.3, 0.4) is 0 Å². The number of pyridine rings is 1. The number of nitrogens with zero attached hydrogens (tertiary/aromatic N) is 1. The number of aromatic nitrogens is 1. The molecule has 1 heterocycles. The van der Waals surface area contributed by atoms with Crippen LogP contribution in [0.15, 0.2) is 36.5 Å². The summed E-state index contributed by atoms with van der Waals surface area (Å²) in [6.45, 7) is 2.73. The zero-order valence-corrected chi connectivity index (χ0v) is 11.8. The van der Waals surface area contributed by atoms with Crippen LogP contribution in [0, 0.1) is 5.82 Å². The van der Waals surface area contributed by atoms with E-state index in [9.17, 15) is 4.39 Å². The molecule has 0 saturated heterocycles. The Labute approximate surface area is 121 Å². The Morgan fingerprint density at radius 3 is 2.53 bits per heavy atom. The zero-order valence-electron chi connectivity index (χ0n) is 10.3. The van der Waals surface area contributed by atoms with E-state index in [2.05, 4.69) is 10.3 Å². The van der Waals surface area contributed by atoms with Crippen molar-refractivity contribution in [2.75, 3.05) is 6.54 Å². The van der Waals surface area contributed by atoms with Crippen molar-refractivity contribution < 1.29 is 4.39 Å². The Balaban J connectivity index is 2.41. The summed E-state index contributed by atoms with van der Waals surface area (Å²) in [6.07, 6.45) is 1.55. The van der Waals surface area contributed by atoms with Gasteiger partial charge in [-0.2, -0.15) is 0 Å². The third-order valence-electron chi connectivity index (χ3n) is 2.72. The molecule has 1 aromatic heterocycles. The molecule has 1 atom stereocenters. The lowest BCUT2D eigenvalue weighted by Gasteiger charge is -2.19. The van der Waals surface area contributed by atoms with E-state index in [0.29, 0.717) is 15.7 Å². The summed E-state index contributed by atoms with van der Waals surface area (Å²) >= 11 is 12.0. The second-order valence-corrected chi connectivity index (χ2v) is 4.91. The molecule has 0 radical (unpaired) electrons. The summed E-state index contributed by atoms with van der Waals surface area (Å²) in [6, 6.07) is 7.74. The molecule has 0 spiro atoms. The van der Waals surface area contributed by atoms with Gasteiger partial charge in [0.05, 0.1) is 21.8 Å². The SMILES string of the molecule is CCNC(c1ccc(F)cc1)c1ncc(Cl)cc1Cl. The van der Waals surface area contributed by atoms with E-state index >= 15 is 0 Å². The van der Waals surface area contributed by atoms with Gasteiger partial charge in [0.25, 0.3) is 0 Å². The van der Waals surface area contributed by atoms with Crippen molar-refractivity contribution in [3.05, 3.63) is 63.6 Å². The van der Waals surface area contributed by atoms with Crippen molar-refractivity contribution in [2.24, 2.45) is 0 Å². The van der Waals surface area contributed by atoms with Gasteiger partial charge in [0.15, 0.2) is 0 Å². The molecule has 1 aromatic carbocycles. The first-order valence-electron chi connectivity index (χ1n) is 5.91. The molecule has 1 N–H and O–H groups in total. The number of hydrogen-bond donors (Lipinski definition) is 1. The molecule has 5 heteroatoms. The number of benzene rings is 1. The van der Waals surface area contributed by atoms with Gasteiger partial charge in [-0.1, -0.05) is 42.3 Å². The standard InChI is InChI=1S/C14H13Cl2FN2/c1-2-18-13(9-3-5-11(17)6-4-9)14-12(16)7-10(15)8-19-14/h3-8,13,18H,2H2,1H3. The van der Waals surface area contributed by atoms with Gasteiger partial charge in [0, 0.05) is 6.20 Å².